The molecule has 0 aliphatic carbocycles. The fraction of sp³-hybridized carbons (Fsp3) is 0.875. The van der Waals surface area contributed by atoms with Crippen LogP contribution in [0.5, 0.6) is 0 Å². The number of aliphatic imine (C=N–C) groups is 1. The van der Waals surface area contributed by atoms with Crippen molar-refractivity contribution in [2.45, 2.75) is 53.1 Å². The first-order valence-corrected chi connectivity index (χ1v) is 8.19. The molecule has 0 aromatic heterocycles. The molecule has 0 aromatic carbocycles. The minimum absolute atomic E-state index is 0.211. The molecule has 6 nitrogen and oxygen atoms in total. The number of likely N-dealkylation sites (tertiary alicyclic amines) is 1. The van der Waals surface area contributed by atoms with E-state index in [0.29, 0.717) is 17.8 Å². The van der Waals surface area contributed by atoms with Crippen molar-refractivity contribution in [3.05, 3.63) is 0 Å². The van der Waals surface area contributed by atoms with E-state index >= 15 is 0 Å². The lowest BCUT2D eigenvalue weighted by molar-refractivity contribution is 0.0185. The van der Waals surface area contributed by atoms with Crippen LogP contribution in [-0.4, -0.2) is 48.7 Å². The number of carbonyl (C=O) groups is 1. The maximum atomic E-state index is 12.0. The molecule has 0 radical (unpaired) electrons. The number of rotatable bonds is 4. The highest BCUT2D eigenvalue weighted by Crippen LogP contribution is 2.19. The SMILES string of the molecule is CC(C)CN=C(N)NCC1CCN(C(=O)OC(C)(C)C)CC1. The van der Waals surface area contributed by atoms with E-state index in [9.17, 15) is 4.79 Å². The summed E-state index contributed by atoms with van der Waals surface area (Å²) in [5.41, 5.74) is 5.40. The summed E-state index contributed by atoms with van der Waals surface area (Å²) in [6, 6.07) is 0. The molecule has 1 rings (SSSR count). The van der Waals surface area contributed by atoms with E-state index in [1.807, 2.05) is 20.8 Å². The van der Waals surface area contributed by atoms with Gasteiger partial charge >= 0.3 is 6.09 Å². The Labute approximate surface area is 134 Å². The van der Waals surface area contributed by atoms with E-state index in [1.54, 1.807) is 4.90 Å². The van der Waals surface area contributed by atoms with Crippen LogP contribution in [0.15, 0.2) is 4.99 Å². The Morgan fingerprint density at radius 3 is 2.45 bits per heavy atom. The minimum atomic E-state index is -0.434. The molecule has 22 heavy (non-hydrogen) atoms. The molecular weight excluding hydrogens is 280 g/mol. The number of nitrogens with one attached hydrogen (secondary N) is 1. The number of nitrogens with zero attached hydrogens (tertiary/aromatic N) is 2. The summed E-state index contributed by atoms with van der Waals surface area (Å²) >= 11 is 0. The fourth-order valence-corrected chi connectivity index (χ4v) is 2.23. The Hall–Kier alpha value is -1.46. The first-order chi connectivity index (χ1) is 10.2. The highest BCUT2D eigenvalue weighted by Gasteiger charge is 2.26. The predicted octanol–water partition coefficient (Wildman–Crippen LogP) is 2.19. The van der Waals surface area contributed by atoms with Crippen molar-refractivity contribution < 1.29 is 9.53 Å². The molecule has 1 amide bonds. The molecule has 6 heteroatoms. The van der Waals surface area contributed by atoms with Gasteiger partial charge in [0.15, 0.2) is 5.96 Å². The Kier molecular flexibility index (Phi) is 6.97. The third kappa shape index (κ3) is 7.52. The topological polar surface area (TPSA) is 80.0 Å². The summed E-state index contributed by atoms with van der Waals surface area (Å²) in [5.74, 6) is 1.55. The Balaban J connectivity index is 2.28. The molecule has 1 aliphatic rings. The van der Waals surface area contributed by atoms with Gasteiger partial charge in [-0.25, -0.2) is 4.79 Å². The molecule has 128 valence electrons. The second-order valence-corrected chi connectivity index (χ2v) is 7.41. The van der Waals surface area contributed by atoms with E-state index in [4.69, 9.17) is 10.5 Å². The standard InChI is InChI=1S/C16H32N4O2/c1-12(2)10-18-14(17)19-11-13-6-8-20(9-7-13)15(21)22-16(3,4)5/h12-13H,6-11H2,1-5H3,(H3,17,18,19). The van der Waals surface area contributed by atoms with Crippen LogP contribution in [0, 0.1) is 11.8 Å². The molecule has 0 aromatic rings. The smallest absolute Gasteiger partial charge is 0.410 e. The maximum Gasteiger partial charge on any atom is 0.410 e. The zero-order valence-electron chi connectivity index (χ0n) is 14.7. The fourth-order valence-electron chi connectivity index (χ4n) is 2.23. The van der Waals surface area contributed by atoms with Crippen molar-refractivity contribution in [2.24, 2.45) is 22.6 Å². The molecule has 1 heterocycles. The van der Waals surface area contributed by atoms with Crippen LogP contribution in [0.4, 0.5) is 4.79 Å². The van der Waals surface area contributed by atoms with Gasteiger partial charge in [0.05, 0.1) is 0 Å². The summed E-state index contributed by atoms with van der Waals surface area (Å²) in [6.45, 7) is 12.9. The third-order valence-corrected chi connectivity index (χ3v) is 3.46. The van der Waals surface area contributed by atoms with Crippen LogP contribution < -0.4 is 11.1 Å². The first-order valence-electron chi connectivity index (χ1n) is 8.19. The quantitative estimate of drug-likeness (QED) is 0.616. The van der Waals surface area contributed by atoms with E-state index in [2.05, 4.69) is 24.2 Å². The number of piperidine rings is 1. The van der Waals surface area contributed by atoms with Gasteiger partial charge < -0.3 is 20.7 Å². The van der Waals surface area contributed by atoms with Crippen LogP contribution in [0.3, 0.4) is 0 Å². The second kappa shape index (κ2) is 8.25. The normalized spacial score (nSPS) is 17.7. The van der Waals surface area contributed by atoms with Gasteiger partial charge in [-0.15, -0.1) is 0 Å². The van der Waals surface area contributed by atoms with E-state index in [-0.39, 0.29) is 6.09 Å². The number of hydrogen-bond acceptors (Lipinski definition) is 3. The number of nitrogens with two attached hydrogens (primary N) is 1. The lowest BCUT2D eigenvalue weighted by atomic mass is 9.97. The van der Waals surface area contributed by atoms with Crippen LogP contribution in [0.2, 0.25) is 0 Å². The van der Waals surface area contributed by atoms with Crippen molar-refractivity contribution in [1.82, 2.24) is 10.2 Å². The van der Waals surface area contributed by atoms with Gasteiger partial charge in [0, 0.05) is 26.2 Å². The van der Waals surface area contributed by atoms with Crippen LogP contribution in [-0.2, 0) is 4.74 Å². The summed E-state index contributed by atoms with van der Waals surface area (Å²) in [6.07, 6.45) is 1.71. The molecular formula is C16H32N4O2. The van der Waals surface area contributed by atoms with Crippen LogP contribution in [0.1, 0.15) is 47.5 Å². The van der Waals surface area contributed by atoms with Gasteiger partial charge in [0.2, 0.25) is 0 Å². The van der Waals surface area contributed by atoms with Gasteiger partial charge in [-0.1, -0.05) is 13.8 Å². The summed E-state index contributed by atoms with van der Waals surface area (Å²) in [4.78, 5) is 18.1. The van der Waals surface area contributed by atoms with E-state index in [0.717, 1.165) is 39.0 Å². The molecule has 0 saturated carbocycles. The molecule has 0 bridgehead atoms. The van der Waals surface area contributed by atoms with E-state index in [1.165, 1.54) is 0 Å². The molecule has 0 spiro atoms. The number of carbonyl (C=O) groups excluding carboxylic acids is 1. The largest absolute Gasteiger partial charge is 0.444 e. The Morgan fingerprint density at radius 2 is 1.95 bits per heavy atom. The minimum Gasteiger partial charge on any atom is -0.444 e. The molecule has 1 aliphatic heterocycles. The average Bonchev–Trinajstić information content (AvgIpc) is 2.41. The Morgan fingerprint density at radius 1 is 1.36 bits per heavy atom. The molecule has 0 unspecified atom stereocenters. The number of guanidine groups is 1. The summed E-state index contributed by atoms with van der Waals surface area (Å²) in [5, 5.41) is 3.18. The zero-order valence-corrected chi connectivity index (χ0v) is 14.7. The van der Waals surface area contributed by atoms with Gasteiger partial charge in [-0.2, -0.15) is 0 Å². The monoisotopic (exact) mass is 312 g/mol. The van der Waals surface area contributed by atoms with Gasteiger partial charge in [-0.05, 0) is 45.4 Å². The van der Waals surface area contributed by atoms with Crippen molar-refractivity contribution in [3.8, 4) is 0 Å². The molecule has 3 N–H and O–H groups in total. The van der Waals surface area contributed by atoms with Crippen molar-refractivity contribution in [3.63, 3.8) is 0 Å². The lowest BCUT2D eigenvalue weighted by Crippen LogP contribution is -2.44. The highest BCUT2D eigenvalue weighted by molar-refractivity contribution is 5.77. The number of hydrogen-bond donors (Lipinski definition) is 2. The number of amides is 1. The van der Waals surface area contributed by atoms with Crippen LogP contribution >= 0.6 is 0 Å². The lowest BCUT2D eigenvalue weighted by Gasteiger charge is -2.33. The van der Waals surface area contributed by atoms with Gasteiger partial charge in [-0.3, -0.25) is 4.99 Å². The van der Waals surface area contributed by atoms with Gasteiger partial charge in [0.25, 0.3) is 0 Å². The average molecular weight is 312 g/mol. The third-order valence-electron chi connectivity index (χ3n) is 3.46. The van der Waals surface area contributed by atoms with Crippen LogP contribution in [0.25, 0.3) is 0 Å². The highest BCUT2D eigenvalue weighted by atomic mass is 16.6. The molecule has 1 fully saturated rings. The van der Waals surface area contributed by atoms with Gasteiger partial charge in [0.1, 0.15) is 5.60 Å². The predicted molar refractivity (Wildman–Crippen MR) is 89.9 cm³/mol. The zero-order chi connectivity index (χ0) is 16.8. The summed E-state index contributed by atoms with van der Waals surface area (Å²) in [7, 11) is 0. The number of ether oxygens (including phenoxy) is 1. The first kappa shape index (κ1) is 18.6. The van der Waals surface area contributed by atoms with Crippen molar-refractivity contribution >= 4 is 12.1 Å². The molecule has 0 atom stereocenters. The second-order valence-electron chi connectivity index (χ2n) is 7.41. The molecule has 1 saturated heterocycles. The van der Waals surface area contributed by atoms with Crippen molar-refractivity contribution in [2.75, 3.05) is 26.2 Å². The maximum absolute atomic E-state index is 12.0. The van der Waals surface area contributed by atoms with Crippen molar-refractivity contribution in [1.29, 1.82) is 0 Å². The van der Waals surface area contributed by atoms with E-state index < -0.39 is 5.60 Å². The Bertz CT molecular complexity index is 380. The summed E-state index contributed by atoms with van der Waals surface area (Å²) < 4.78 is 5.40.